The number of carbonyl (C=O) groups is 2. The van der Waals surface area contributed by atoms with Gasteiger partial charge in [0.15, 0.2) is 5.69 Å². The number of nitrogens with zero attached hydrogens (tertiary/aromatic N) is 3. The Balaban J connectivity index is 1.97. The smallest absolute Gasteiger partial charge is 0.276 e. The van der Waals surface area contributed by atoms with E-state index in [2.05, 4.69) is 14.9 Å². The van der Waals surface area contributed by atoms with Gasteiger partial charge in [0.05, 0.1) is 0 Å². The number of benzene rings is 2. The van der Waals surface area contributed by atoms with Crippen LogP contribution in [-0.4, -0.2) is 32.3 Å². The summed E-state index contributed by atoms with van der Waals surface area (Å²) in [7, 11) is 0. The van der Waals surface area contributed by atoms with Crippen molar-refractivity contribution in [3.05, 3.63) is 82.4 Å². The molecule has 0 aliphatic heterocycles. The molecule has 9 heteroatoms. The maximum atomic E-state index is 14.8. The van der Waals surface area contributed by atoms with Crippen molar-refractivity contribution in [2.45, 2.75) is 38.9 Å². The molecule has 0 radical (unpaired) electrons. The molecule has 1 heterocycles. The second-order valence-electron chi connectivity index (χ2n) is 7.03. The zero-order valence-electron chi connectivity index (χ0n) is 17.1. The second kappa shape index (κ2) is 10.2. The van der Waals surface area contributed by atoms with Crippen molar-refractivity contribution in [1.29, 1.82) is 0 Å². The Labute approximate surface area is 183 Å². The summed E-state index contributed by atoms with van der Waals surface area (Å²) in [6.07, 6.45) is 0.541. The van der Waals surface area contributed by atoms with E-state index in [-0.39, 0.29) is 29.7 Å². The zero-order chi connectivity index (χ0) is 22.4. The van der Waals surface area contributed by atoms with E-state index in [0.29, 0.717) is 12.0 Å². The molecule has 0 unspecified atom stereocenters. The highest BCUT2D eigenvalue weighted by atomic mass is 32.1. The first-order chi connectivity index (χ1) is 14.9. The lowest BCUT2D eigenvalue weighted by Crippen LogP contribution is -2.48. The number of hydrogen-bond acceptors (Lipinski definition) is 5. The van der Waals surface area contributed by atoms with Crippen LogP contribution < -0.4 is 5.32 Å². The molecule has 6 nitrogen and oxygen atoms in total. The fraction of sp³-hybridized carbons (Fsp3) is 0.273. The predicted octanol–water partition coefficient (Wildman–Crippen LogP) is 4.11. The minimum atomic E-state index is -1.22. The molecule has 2 aromatic carbocycles. The molecule has 1 N–H and O–H groups in total. The Hall–Kier alpha value is -3.20. The van der Waals surface area contributed by atoms with E-state index in [9.17, 15) is 18.4 Å². The van der Waals surface area contributed by atoms with Crippen LogP contribution in [-0.2, 0) is 11.3 Å². The fourth-order valence-electron chi connectivity index (χ4n) is 3.16. The van der Waals surface area contributed by atoms with E-state index in [1.165, 1.54) is 40.6 Å². The van der Waals surface area contributed by atoms with Crippen molar-refractivity contribution < 1.29 is 18.4 Å². The molecule has 3 aromatic rings. The third kappa shape index (κ3) is 5.29. The normalized spacial score (nSPS) is 12.8. The molecular weight excluding hydrogens is 422 g/mol. The molecule has 0 aliphatic carbocycles. The maximum absolute atomic E-state index is 14.8. The van der Waals surface area contributed by atoms with Crippen LogP contribution in [0.1, 0.15) is 47.9 Å². The average molecular weight is 445 g/mol. The minimum absolute atomic E-state index is 0.0796. The molecule has 1 aromatic heterocycles. The van der Waals surface area contributed by atoms with Crippen molar-refractivity contribution in [2.75, 3.05) is 0 Å². The van der Waals surface area contributed by atoms with Crippen LogP contribution >= 0.6 is 11.5 Å². The lowest BCUT2D eigenvalue weighted by Gasteiger charge is -2.35. The highest BCUT2D eigenvalue weighted by molar-refractivity contribution is 7.03. The van der Waals surface area contributed by atoms with Gasteiger partial charge in [-0.2, -0.15) is 0 Å². The van der Waals surface area contributed by atoms with Gasteiger partial charge in [-0.25, -0.2) is 8.78 Å². The third-order valence-corrected chi connectivity index (χ3v) is 5.49. The summed E-state index contributed by atoms with van der Waals surface area (Å²) in [6.45, 7) is 3.77. The van der Waals surface area contributed by atoms with E-state index in [1.807, 2.05) is 6.92 Å². The summed E-state index contributed by atoms with van der Waals surface area (Å²) < 4.78 is 31.6. The van der Waals surface area contributed by atoms with Gasteiger partial charge in [-0.1, -0.05) is 41.7 Å². The van der Waals surface area contributed by atoms with Gasteiger partial charge >= 0.3 is 0 Å². The predicted molar refractivity (Wildman–Crippen MR) is 113 cm³/mol. The summed E-state index contributed by atoms with van der Waals surface area (Å²) in [6, 6.07) is 9.95. The number of nitrogens with one attached hydrogen (secondary N) is 1. The number of rotatable bonds is 8. The van der Waals surface area contributed by atoms with Crippen LogP contribution in [0.25, 0.3) is 0 Å². The highest BCUT2D eigenvalue weighted by Crippen LogP contribution is 2.28. The van der Waals surface area contributed by atoms with Gasteiger partial charge in [0.25, 0.3) is 5.91 Å². The first-order valence-electron chi connectivity index (χ1n) is 9.78. The fourth-order valence-corrected chi connectivity index (χ4v) is 3.59. The standard InChI is InChI=1S/C22H22F2N4O2S/c1-3-14(2)28(22(30)19-13-31-27-26-19)20(17-6-4-5-7-18(17)24)21(29)25-12-15-8-10-16(23)11-9-15/h4-11,13-14,20H,3,12H2,1-2H3,(H,25,29)/t14-,20+/m1/s1. The number of carbonyl (C=O) groups excluding carboxylic acids is 2. The van der Waals surface area contributed by atoms with Crippen LogP contribution in [0, 0.1) is 11.6 Å². The number of aromatic nitrogens is 2. The molecule has 0 saturated heterocycles. The summed E-state index contributed by atoms with van der Waals surface area (Å²) in [5.41, 5.74) is 0.848. The quantitative estimate of drug-likeness (QED) is 0.567. The minimum Gasteiger partial charge on any atom is -0.350 e. The van der Waals surface area contributed by atoms with E-state index >= 15 is 0 Å². The van der Waals surface area contributed by atoms with Gasteiger partial charge in [0, 0.05) is 23.5 Å². The third-order valence-electron chi connectivity index (χ3n) is 4.99. The van der Waals surface area contributed by atoms with Crippen molar-refractivity contribution >= 4 is 23.3 Å². The van der Waals surface area contributed by atoms with Gasteiger partial charge in [-0.05, 0) is 48.6 Å². The molecular formula is C22H22F2N4O2S. The van der Waals surface area contributed by atoms with E-state index in [0.717, 1.165) is 11.5 Å². The first kappa shape index (κ1) is 22.5. The first-order valence-corrected chi connectivity index (χ1v) is 10.6. The molecule has 0 fully saturated rings. The lowest BCUT2D eigenvalue weighted by molar-refractivity contribution is -0.126. The number of halogens is 2. The monoisotopic (exact) mass is 444 g/mol. The highest BCUT2D eigenvalue weighted by Gasteiger charge is 2.37. The molecule has 0 saturated carbocycles. The van der Waals surface area contributed by atoms with Crippen molar-refractivity contribution in [1.82, 2.24) is 19.8 Å². The topological polar surface area (TPSA) is 75.2 Å². The number of amides is 2. The molecule has 3 rings (SSSR count). The molecule has 31 heavy (non-hydrogen) atoms. The van der Waals surface area contributed by atoms with Gasteiger partial charge in [0.1, 0.15) is 17.7 Å². The zero-order valence-corrected chi connectivity index (χ0v) is 17.9. The van der Waals surface area contributed by atoms with E-state index in [1.54, 1.807) is 25.1 Å². The Morgan fingerprint density at radius 2 is 1.84 bits per heavy atom. The van der Waals surface area contributed by atoms with Crippen LogP contribution in [0.15, 0.2) is 53.9 Å². The largest absolute Gasteiger partial charge is 0.350 e. The lowest BCUT2D eigenvalue weighted by atomic mass is 10.00. The van der Waals surface area contributed by atoms with Crippen LogP contribution in [0.2, 0.25) is 0 Å². The maximum Gasteiger partial charge on any atom is 0.276 e. The van der Waals surface area contributed by atoms with Crippen LogP contribution in [0.3, 0.4) is 0 Å². The summed E-state index contributed by atoms with van der Waals surface area (Å²) >= 11 is 1.02. The Bertz CT molecular complexity index is 1030. The van der Waals surface area contributed by atoms with Gasteiger partial charge in [-0.3, -0.25) is 9.59 Å². The molecule has 2 amide bonds. The van der Waals surface area contributed by atoms with Gasteiger partial charge in [-0.15, -0.1) is 5.10 Å². The van der Waals surface area contributed by atoms with E-state index in [4.69, 9.17) is 0 Å². The van der Waals surface area contributed by atoms with E-state index < -0.39 is 23.7 Å². The average Bonchev–Trinajstić information content (AvgIpc) is 3.32. The van der Waals surface area contributed by atoms with Crippen LogP contribution in [0.5, 0.6) is 0 Å². The van der Waals surface area contributed by atoms with Gasteiger partial charge in [0.2, 0.25) is 5.91 Å². The Morgan fingerprint density at radius 3 is 2.45 bits per heavy atom. The van der Waals surface area contributed by atoms with Gasteiger partial charge < -0.3 is 10.2 Å². The van der Waals surface area contributed by atoms with Crippen molar-refractivity contribution in [2.24, 2.45) is 0 Å². The second-order valence-corrected chi connectivity index (χ2v) is 7.64. The molecule has 0 spiro atoms. The molecule has 2 atom stereocenters. The summed E-state index contributed by atoms with van der Waals surface area (Å²) in [5, 5.41) is 8.07. The van der Waals surface area contributed by atoms with Crippen molar-refractivity contribution in [3.63, 3.8) is 0 Å². The Kier molecular flexibility index (Phi) is 7.41. The Morgan fingerprint density at radius 1 is 1.13 bits per heavy atom. The number of hydrogen-bond donors (Lipinski definition) is 1. The molecule has 0 aliphatic rings. The molecule has 0 bridgehead atoms. The van der Waals surface area contributed by atoms with Crippen molar-refractivity contribution in [3.8, 4) is 0 Å². The summed E-state index contributed by atoms with van der Waals surface area (Å²) in [4.78, 5) is 27.9. The summed E-state index contributed by atoms with van der Waals surface area (Å²) in [5.74, 6) is -2.04. The molecule has 162 valence electrons. The van der Waals surface area contributed by atoms with Crippen LogP contribution in [0.4, 0.5) is 8.78 Å². The SMILES string of the molecule is CC[C@@H](C)N(C(=O)c1csnn1)[C@H](C(=O)NCc1ccc(F)cc1)c1ccccc1F.